The van der Waals surface area contributed by atoms with Gasteiger partial charge in [-0.3, -0.25) is 0 Å². The number of anilines is 1. The Labute approximate surface area is 90.7 Å². The van der Waals surface area contributed by atoms with Crippen molar-refractivity contribution in [3.63, 3.8) is 0 Å². The number of aromatic nitrogens is 2. The lowest BCUT2D eigenvalue weighted by Crippen LogP contribution is -1.97. The second kappa shape index (κ2) is 3.46. The van der Waals surface area contributed by atoms with Crippen molar-refractivity contribution in [1.82, 2.24) is 9.78 Å². The number of nitrogens with two attached hydrogens (primary N) is 1. The van der Waals surface area contributed by atoms with Gasteiger partial charge in [-0.2, -0.15) is 5.10 Å². The van der Waals surface area contributed by atoms with Crippen molar-refractivity contribution < 1.29 is 0 Å². The van der Waals surface area contributed by atoms with Gasteiger partial charge in [-0.25, -0.2) is 4.68 Å². The smallest absolute Gasteiger partial charge is 0.0808 e. The quantitative estimate of drug-likeness (QED) is 0.792. The second-order valence-corrected chi connectivity index (χ2v) is 3.97. The second-order valence-electron chi connectivity index (χ2n) is 3.11. The molecule has 0 unspecified atom stereocenters. The predicted octanol–water partition coefficient (Wildman–Crippen LogP) is 2.53. The Bertz CT molecular complexity index is 462. The summed E-state index contributed by atoms with van der Waals surface area (Å²) in [5, 5.41) is 4.31. The molecule has 2 aromatic rings. The third-order valence-electron chi connectivity index (χ3n) is 1.94. The molecular weight excluding hydrogens is 242 g/mol. The Kier molecular flexibility index (Phi) is 2.29. The molecule has 1 aromatic heterocycles. The molecule has 0 radical (unpaired) electrons. The van der Waals surface area contributed by atoms with Crippen LogP contribution in [0.2, 0.25) is 0 Å². The molecule has 0 saturated heterocycles. The van der Waals surface area contributed by atoms with Crippen LogP contribution in [0.5, 0.6) is 0 Å². The number of aryl methyl sites for hydroxylation is 1. The average Bonchev–Trinajstić information content (AvgIpc) is 2.56. The van der Waals surface area contributed by atoms with Crippen LogP contribution in [0.3, 0.4) is 0 Å². The molecule has 0 saturated carbocycles. The Hall–Kier alpha value is -1.29. The minimum Gasteiger partial charge on any atom is -0.399 e. The molecule has 2 rings (SSSR count). The zero-order valence-electron chi connectivity index (χ0n) is 7.74. The van der Waals surface area contributed by atoms with Crippen molar-refractivity contribution in [3.8, 4) is 5.69 Å². The number of rotatable bonds is 1. The van der Waals surface area contributed by atoms with Crippen molar-refractivity contribution in [2.45, 2.75) is 6.92 Å². The number of halogens is 1. The Morgan fingerprint density at radius 1 is 1.36 bits per heavy atom. The maximum Gasteiger partial charge on any atom is 0.0808 e. The zero-order chi connectivity index (χ0) is 10.1. The van der Waals surface area contributed by atoms with Gasteiger partial charge in [-0.1, -0.05) is 0 Å². The van der Waals surface area contributed by atoms with Crippen LogP contribution in [-0.2, 0) is 0 Å². The summed E-state index contributed by atoms with van der Waals surface area (Å²) in [4.78, 5) is 0. The number of nitrogen functional groups attached to an aromatic ring is 1. The lowest BCUT2D eigenvalue weighted by atomic mass is 10.3. The molecule has 4 heteroatoms. The van der Waals surface area contributed by atoms with Gasteiger partial charge >= 0.3 is 0 Å². The fourth-order valence-corrected chi connectivity index (χ4v) is 1.68. The molecule has 3 nitrogen and oxygen atoms in total. The van der Waals surface area contributed by atoms with Gasteiger partial charge in [-0.05, 0) is 47.1 Å². The molecule has 0 fully saturated rings. The average molecular weight is 252 g/mol. The zero-order valence-corrected chi connectivity index (χ0v) is 9.32. The lowest BCUT2D eigenvalue weighted by Gasteiger charge is -2.05. The first-order chi connectivity index (χ1) is 6.66. The molecule has 2 N–H and O–H groups in total. The summed E-state index contributed by atoms with van der Waals surface area (Å²) >= 11 is 3.46. The standard InChI is InChI=1S/C10H10BrN3/c1-7-4-5-14(13-7)10-6-8(12)2-3-9(10)11/h2-6H,12H2,1H3. The fourth-order valence-electron chi connectivity index (χ4n) is 1.25. The molecule has 0 amide bonds. The highest BCUT2D eigenvalue weighted by Crippen LogP contribution is 2.22. The molecular formula is C10H10BrN3. The van der Waals surface area contributed by atoms with E-state index >= 15 is 0 Å². The van der Waals surface area contributed by atoms with Crippen LogP contribution < -0.4 is 5.73 Å². The number of nitrogens with zero attached hydrogens (tertiary/aromatic N) is 2. The fraction of sp³-hybridized carbons (Fsp3) is 0.100. The molecule has 0 atom stereocenters. The van der Waals surface area contributed by atoms with E-state index in [-0.39, 0.29) is 0 Å². The summed E-state index contributed by atoms with van der Waals surface area (Å²) in [6.07, 6.45) is 1.91. The molecule has 1 heterocycles. The lowest BCUT2D eigenvalue weighted by molar-refractivity contribution is 0.859. The van der Waals surface area contributed by atoms with E-state index in [1.807, 2.05) is 37.4 Å². The van der Waals surface area contributed by atoms with Crippen molar-refractivity contribution in [3.05, 3.63) is 40.6 Å². The van der Waals surface area contributed by atoms with Gasteiger partial charge in [0.1, 0.15) is 0 Å². The molecule has 72 valence electrons. The van der Waals surface area contributed by atoms with E-state index in [4.69, 9.17) is 5.73 Å². The van der Waals surface area contributed by atoms with E-state index in [0.717, 1.165) is 21.5 Å². The highest BCUT2D eigenvalue weighted by molar-refractivity contribution is 9.10. The molecule has 14 heavy (non-hydrogen) atoms. The highest BCUT2D eigenvalue weighted by atomic mass is 79.9. The Balaban J connectivity index is 2.55. The van der Waals surface area contributed by atoms with Crippen LogP contribution in [0.1, 0.15) is 5.69 Å². The topological polar surface area (TPSA) is 43.8 Å². The number of benzene rings is 1. The summed E-state index contributed by atoms with van der Waals surface area (Å²) < 4.78 is 2.78. The Morgan fingerprint density at radius 2 is 2.14 bits per heavy atom. The third kappa shape index (κ3) is 1.65. The van der Waals surface area contributed by atoms with E-state index in [0.29, 0.717) is 0 Å². The SMILES string of the molecule is Cc1ccn(-c2cc(N)ccc2Br)n1. The summed E-state index contributed by atoms with van der Waals surface area (Å²) in [6, 6.07) is 7.61. The maximum atomic E-state index is 5.71. The summed E-state index contributed by atoms with van der Waals surface area (Å²) in [6.45, 7) is 1.96. The summed E-state index contributed by atoms with van der Waals surface area (Å²) in [5.41, 5.74) is 8.38. The molecule has 0 aliphatic carbocycles. The van der Waals surface area contributed by atoms with Gasteiger partial charge in [0.15, 0.2) is 0 Å². The summed E-state index contributed by atoms with van der Waals surface area (Å²) in [7, 11) is 0. The van der Waals surface area contributed by atoms with E-state index in [2.05, 4.69) is 21.0 Å². The molecule has 0 bridgehead atoms. The van der Waals surface area contributed by atoms with Crippen LogP contribution in [0.25, 0.3) is 5.69 Å². The van der Waals surface area contributed by atoms with Crippen LogP contribution in [0.4, 0.5) is 5.69 Å². The van der Waals surface area contributed by atoms with E-state index < -0.39 is 0 Å². The van der Waals surface area contributed by atoms with Gasteiger partial charge in [0.05, 0.1) is 11.4 Å². The summed E-state index contributed by atoms with van der Waals surface area (Å²) in [5.74, 6) is 0. The molecule has 0 aliphatic rings. The minimum atomic E-state index is 0.733. The Morgan fingerprint density at radius 3 is 2.79 bits per heavy atom. The van der Waals surface area contributed by atoms with Crippen molar-refractivity contribution in [2.75, 3.05) is 5.73 Å². The predicted molar refractivity (Wildman–Crippen MR) is 60.4 cm³/mol. The maximum absolute atomic E-state index is 5.71. The van der Waals surface area contributed by atoms with Gasteiger partial charge < -0.3 is 5.73 Å². The van der Waals surface area contributed by atoms with Gasteiger partial charge in [0.2, 0.25) is 0 Å². The first-order valence-electron chi connectivity index (χ1n) is 4.24. The van der Waals surface area contributed by atoms with Gasteiger partial charge in [0.25, 0.3) is 0 Å². The van der Waals surface area contributed by atoms with Gasteiger partial charge in [0, 0.05) is 16.4 Å². The van der Waals surface area contributed by atoms with Crippen molar-refractivity contribution in [2.24, 2.45) is 0 Å². The van der Waals surface area contributed by atoms with Crippen molar-refractivity contribution >= 4 is 21.6 Å². The number of hydrogen-bond acceptors (Lipinski definition) is 2. The normalized spacial score (nSPS) is 10.4. The van der Waals surface area contributed by atoms with Crippen LogP contribution >= 0.6 is 15.9 Å². The van der Waals surface area contributed by atoms with Crippen LogP contribution in [0.15, 0.2) is 34.9 Å². The van der Waals surface area contributed by atoms with Crippen LogP contribution in [-0.4, -0.2) is 9.78 Å². The minimum absolute atomic E-state index is 0.733. The third-order valence-corrected chi connectivity index (χ3v) is 2.61. The van der Waals surface area contributed by atoms with E-state index in [1.165, 1.54) is 0 Å². The van der Waals surface area contributed by atoms with Crippen molar-refractivity contribution in [1.29, 1.82) is 0 Å². The van der Waals surface area contributed by atoms with Crippen LogP contribution in [0, 0.1) is 6.92 Å². The highest BCUT2D eigenvalue weighted by Gasteiger charge is 2.03. The van der Waals surface area contributed by atoms with Gasteiger partial charge in [-0.15, -0.1) is 0 Å². The van der Waals surface area contributed by atoms with E-state index in [1.54, 1.807) is 4.68 Å². The molecule has 1 aromatic carbocycles. The molecule has 0 spiro atoms. The van der Waals surface area contributed by atoms with E-state index in [9.17, 15) is 0 Å². The number of hydrogen-bond donors (Lipinski definition) is 1. The first-order valence-corrected chi connectivity index (χ1v) is 5.04. The largest absolute Gasteiger partial charge is 0.399 e. The monoisotopic (exact) mass is 251 g/mol. The first kappa shape index (κ1) is 9.27. The molecule has 0 aliphatic heterocycles.